The van der Waals surface area contributed by atoms with Crippen LogP contribution in [-0.2, 0) is 19.3 Å². The first-order valence-corrected chi connectivity index (χ1v) is 12.6. The molecular weight excluding hydrogens is 446 g/mol. The molecule has 3 aromatic carbocycles. The minimum atomic E-state index is 0.0551. The smallest absolute Gasteiger partial charge is 0.118 e. The lowest BCUT2D eigenvalue weighted by atomic mass is 9.69. The molecule has 0 heterocycles. The zero-order valence-electron chi connectivity index (χ0n) is 23.3. The van der Waals surface area contributed by atoms with Gasteiger partial charge in [0.15, 0.2) is 0 Å². The van der Waals surface area contributed by atoms with E-state index in [1.54, 1.807) is 21.3 Å². The summed E-state index contributed by atoms with van der Waals surface area (Å²) in [5, 5.41) is 0. The van der Waals surface area contributed by atoms with Crippen LogP contribution in [0.3, 0.4) is 0 Å². The summed E-state index contributed by atoms with van der Waals surface area (Å²) >= 11 is 0. The zero-order chi connectivity index (χ0) is 26.6. The zero-order valence-corrected chi connectivity index (χ0v) is 23.3. The molecule has 0 unspecified atom stereocenters. The summed E-state index contributed by atoms with van der Waals surface area (Å²) < 4.78 is 17.0. The normalized spacial score (nSPS) is 11.3. The van der Waals surface area contributed by atoms with E-state index in [-0.39, 0.29) is 5.41 Å². The van der Waals surface area contributed by atoms with Crippen LogP contribution in [0, 0.1) is 12.3 Å². The van der Waals surface area contributed by atoms with Crippen molar-refractivity contribution < 1.29 is 18.7 Å². The summed E-state index contributed by atoms with van der Waals surface area (Å²) in [6.45, 7) is 4.22. The number of rotatable bonds is 11. The molecule has 0 saturated heterocycles. The summed E-state index contributed by atoms with van der Waals surface area (Å²) in [5.41, 5.74) is 4.00. The maximum absolute atomic E-state index is 5.35. The molecule has 36 heavy (non-hydrogen) atoms. The minimum absolute atomic E-state index is 0.0551. The first kappa shape index (κ1) is 29.3. The summed E-state index contributed by atoms with van der Waals surface area (Å²) in [7, 11) is 13.6. The molecule has 0 bridgehead atoms. The highest BCUT2D eigenvalue weighted by atomic mass is 16.5. The van der Waals surface area contributed by atoms with Crippen LogP contribution < -0.4 is 14.2 Å². The Morgan fingerprint density at radius 3 is 1.00 bits per heavy atom. The number of hydrogen-bond acceptors (Lipinski definition) is 3. The van der Waals surface area contributed by atoms with Crippen LogP contribution >= 0.6 is 0 Å². The van der Waals surface area contributed by atoms with E-state index in [0.29, 0.717) is 0 Å². The van der Waals surface area contributed by atoms with Crippen molar-refractivity contribution >= 4 is 0 Å². The second-order valence-corrected chi connectivity index (χ2v) is 10.9. The molecule has 0 N–H and O–H groups in total. The third-order valence-electron chi connectivity index (χ3n) is 5.92. The first-order valence-electron chi connectivity index (χ1n) is 12.6. The van der Waals surface area contributed by atoms with E-state index in [1.807, 2.05) is 36.4 Å². The fourth-order valence-corrected chi connectivity index (χ4v) is 4.36. The SMILES string of the molecule is C[N+](C)(C)C.[CH2]CCC(Cc1ccc(OC)cc1)(Cc1ccc(OC)cc1)Cc1ccc(OC)cc1. The summed E-state index contributed by atoms with van der Waals surface area (Å²) in [4.78, 5) is 0. The minimum Gasteiger partial charge on any atom is -0.497 e. The highest BCUT2D eigenvalue weighted by Crippen LogP contribution is 2.37. The molecule has 3 rings (SSSR count). The molecule has 0 fully saturated rings. The number of nitrogens with zero attached hydrogens (tertiary/aromatic N) is 1. The van der Waals surface area contributed by atoms with Gasteiger partial charge in [-0.05, 0) is 84.2 Å². The van der Waals surface area contributed by atoms with Crippen LogP contribution in [0.4, 0.5) is 0 Å². The average Bonchev–Trinajstić information content (AvgIpc) is 2.84. The number of ether oxygens (including phenoxy) is 3. The molecule has 4 heteroatoms. The van der Waals surface area contributed by atoms with Crippen molar-refractivity contribution in [2.24, 2.45) is 5.41 Å². The maximum atomic E-state index is 5.35. The molecule has 0 spiro atoms. The van der Waals surface area contributed by atoms with Crippen LogP contribution in [0.5, 0.6) is 17.2 Å². The standard InChI is InChI=1S/C28H33O3.C4H12N/c1-5-18-28(19-22-6-12-25(29-2)13-7-22,20-23-8-14-26(30-3)15-9-23)21-24-10-16-27(31-4)17-11-24;1-5(2,3)4/h6-17H,1,5,18-21H2,2-4H3;1-4H3/q;+1. The summed E-state index contributed by atoms with van der Waals surface area (Å²) in [6, 6.07) is 25.4. The Labute approximate surface area is 219 Å². The van der Waals surface area contributed by atoms with Crippen LogP contribution in [0.2, 0.25) is 0 Å². The molecule has 4 nitrogen and oxygen atoms in total. The van der Waals surface area contributed by atoms with Crippen LogP contribution in [0.25, 0.3) is 0 Å². The fraction of sp³-hybridized carbons (Fsp3) is 0.406. The van der Waals surface area contributed by atoms with E-state index < -0.39 is 0 Å². The Bertz CT molecular complexity index is 877. The molecule has 0 aliphatic heterocycles. The molecule has 0 amide bonds. The molecule has 195 valence electrons. The highest BCUT2D eigenvalue weighted by Gasteiger charge is 2.30. The van der Waals surface area contributed by atoms with Crippen LogP contribution in [-0.4, -0.2) is 54.0 Å². The third kappa shape index (κ3) is 10.3. The molecule has 0 aliphatic carbocycles. The Balaban J connectivity index is 0.000000830. The van der Waals surface area contributed by atoms with Gasteiger partial charge in [0, 0.05) is 0 Å². The van der Waals surface area contributed by atoms with Crippen molar-refractivity contribution in [1.29, 1.82) is 0 Å². The van der Waals surface area contributed by atoms with Crippen molar-refractivity contribution in [3.8, 4) is 17.2 Å². The predicted octanol–water partition coefficient (Wildman–Crippen LogP) is 6.66. The van der Waals surface area contributed by atoms with Gasteiger partial charge in [0.25, 0.3) is 0 Å². The lowest BCUT2D eigenvalue weighted by Crippen LogP contribution is -2.29. The topological polar surface area (TPSA) is 27.7 Å². The van der Waals surface area contributed by atoms with Crippen molar-refractivity contribution in [2.75, 3.05) is 49.5 Å². The van der Waals surface area contributed by atoms with Gasteiger partial charge >= 0.3 is 0 Å². The molecule has 0 atom stereocenters. The monoisotopic (exact) mass is 491 g/mol. The van der Waals surface area contributed by atoms with Crippen molar-refractivity contribution in [3.63, 3.8) is 0 Å². The van der Waals surface area contributed by atoms with E-state index in [4.69, 9.17) is 14.2 Å². The second kappa shape index (κ2) is 13.9. The van der Waals surface area contributed by atoms with Crippen LogP contribution in [0.1, 0.15) is 29.5 Å². The Morgan fingerprint density at radius 1 is 0.556 bits per heavy atom. The first-order chi connectivity index (χ1) is 17.1. The van der Waals surface area contributed by atoms with Gasteiger partial charge in [-0.15, -0.1) is 0 Å². The molecular formula is C32H45NO3+. The van der Waals surface area contributed by atoms with Gasteiger partial charge in [-0.25, -0.2) is 0 Å². The van der Waals surface area contributed by atoms with Gasteiger partial charge in [-0.2, -0.15) is 0 Å². The van der Waals surface area contributed by atoms with E-state index >= 15 is 0 Å². The average molecular weight is 492 g/mol. The van der Waals surface area contributed by atoms with Gasteiger partial charge in [0.2, 0.25) is 0 Å². The predicted molar refractivity (Wildman–Crippen MR) is 151 cm³/mol. The number of hydrogen-bond donors (Lipinski definition) is 0. The summed E-state index contributed by atoms with van der Waals surface area (Å²) in [5.74, 6) is 2.66. The molecule has 0 saturated carbocycles. The van der Waals surface area contributed by atoms with Crippen molar-refractivity contribution in [2.45, 2.75) is 32.1 Å². The number of methoxy groups -OCH3 is 3. The van der Waals surface area contributed by atoms with Gasteiger partial charge in [0.1, 0.15) is 17.2 Å². The summed E-state index contributed by atoms with van der Waals surface area (Å²) in [6.07, 6.45) is 4.86. The van der Waals surface area contributed by atoms with Gasteiger partial charge in [-0.3, -0.25) is 0 Å². The van der Waals surface area contributed by atoms with Gasteiger partial charge in [0.05, 0.1) is 49.5 Å². The highest BCUT2D eigenvalue weighted by molar-refractivity contribution is 5.32. The van der Waals surface area contributed by atoms with E-state index in [2.05, 4.69) is 71.5 Å². The Kier molecular flexibility index (Phi) is 11.3. The fourth-order valence-electron chi connectivity index (χ4n) is 4.36. The van der Waals surface area contributed by atoms with E-state index in [1.165, 1.54) is 16.7 Å². The Hall–Kier alpha value is -2.98. The van der Waals surface area contributed by atoms with Crippen LogP contribution in [0.15, 0.2) is 72.8 Å². The van der Waals surface area contributed by atoms with Crippen molar-refractivity contribution in [1.82, 2.24) is 0 Å². The van der Waals surface area contributed by atoms with Gasteiger partial charge < -0.3 is 18.7 Å². The Morgan fingerprint density at radius 2 is 0.806 bits per heavy atom. The second-order valence-electron chi connectivity index (χ2n) is 10.9. The molecule has 0 aliphatic rings. The lowest BCUT2D eigenvalue weighted by Gasteiger charge is -2.35. The maximum Gasteiger partial charge on any atom is 0.118 e. The molecule has 1 radical (unpaired) electrons. The number of benzene rings is 3. The van der Waals surface area contributed by atoms with Crippen molar-refractivity contribution in [3.05, 3.63) is 96.4 Å². The van der Waals surface area contributed by atoms with Gasteiger partial charge in [-0.1, -0.05) is 49.7 Å². The molecule has 3 aromatic rings. The van der Waals surface area contributed by atoms with E-state index in [9.17, 15) is 0 Å². The third-order valence-corrected chi connectivity index (χ3v) is 5.92. The molecule has 0 aromatic heterocycles. The lowest BCUT2D eigenvalue weighted by molar-refractivity contribution is -0.849. The quantitative estimate of drug-likeness (QED) is 0.281. The number of quaternary nitrogens is 1. The van der Waals surface area contributed by atoms with E-state index in [0.717, 1.165) is 53.8 Å². The largest absolute Gasteiger partial charge is 0.497 e.